The SMILES string of the molecule is CCCCCCCCCCCCNC(=O)c1ccc(CN(O)C(CO)c2ccccc2)cc1. The van der Waals surface area contributed by atoms with Gasteiger partial charge in [0.2, 0.25) is 0 Å². The third-order valence-corrected chi connectivity index (χ3v) is 6.09. The van der Waals surface area contributed by atoms with E-state index in [9.17, 15) is 15.1 Å². The molecule has 0 aliphatic heterocycles. The minimum absolute atomic E-state index is 0.0594. The molecule has 0 fully saturated rings. The fraction of sp³-hybridized carbons (Fsp3) is 0.536. The normalized spacial score (nSPS) is 12.1. The largest absolute Gasteiger partial charge is 0.394 e. The first-order valence-electron chi connectivity index (χ1n) is 12.6. The van der Waals surface area contributed by atoms with Crippen LogP contribution in [0.1, 0.15) is 98.7 Å². The third kappa shape index (κ3) is 10.5. The molecule has 1 amide bonds. The zero-order chi connectivity index (χ0) is 23.7. The van der Waals surface area contributed by atoms with Gasteiger partial charge in [0, 0.05) is 18.7 Å². The van der Waals surface area contributed by atoms with Crippen LogP contribution in [0.3, 0.4) is 0 Å². The van der Waals surface area contributed by atoms with Crippen molar-refractivity contribution >= 4 is 5.91 Å². The van der Waals surface area contributed by atoms with Crippen molar-refractivity contribution in [3.8, 4) is 0 Å². The molecular formula is C28H42N2O3. The van der Waals surface area contributed by atoms with Crippen LogP contribution < -0.4 is 5.32 Å². The van der Waals surface area contributed by atoms with Crippen LogP contribution in [0.15, 0.2) is 54.6 Å². The molecule has 1 atom stereocenters. The molecule has 0 spiro atoms. The second-order valence-electron chi connectivity index (χ2n) is 8.84. The van der Waals surface area contributed by atoms with E-state index in [2.05, 4.69) is 12.2 Å². The van der Waals surface area contributed by atoms with Crippen molar-refractivity contribution in [3.05, 3.63) is 71.3 Å². The lowest BCUT2D eigenvalue weighted by atomic mass is 10.1. The van der Waals surface area contributed by atoms with Crippen molar-refractivity contribution in [1.29, 1.82) is 0 Å². The molecule has 5 heteroatoms. The van der Waals surface area contributed by atoms with Gasteiger partial charge in [-0.1, -0.05) is 107 Å². The highest BCUT2D eigenvalue weighted by Crippen LogP contribution is 2.20. The number of nitrogens with one attached hydrogen (secondary N) is 1. The van der Waals surface area contributed by atoms with Crippen LogP contribution in [0.2, 0.25) is 0 Å². The topological polar surface area (TPSA) is 72.8 Å². The van der Waals surface area contributed by atoms with E-state index < -0.39 is 6.04 Å². The lowest BCUT2D eigenvalue weighted by Crippen LogP contribution is -2.27. The molecule has 1 unspecified atom stereocenters. The summed E-state index contributed by atoms with van der Waals surface area (Å²) in [6, 6.07) is 16.2. The quantitative estimate of drug-likeness (QED) is 0.195. The number of hydrogen-bond donors (Lipinski definition) is 3. The molecule has 0 aliphatic carbocycles. The fourth-order valence-corrected chi connectivity index (χ4v) is 4.02. The minimum Gasteiger partial charge on any atom is -0.394 e. The molecule has 0 heterocycles. The van der Waals surface area contributed by atoms with Crippen LogP contribution in [-0.4, -0.2) is 34.4 Å². The highest BCUT2D eigenvalue weighted by Gasteiger charge is 2.18. The van der Waals surface area contributed by atoms with Gasteiger partial charge in [-0.2, -0.15) is 5.06 Å². The number of carbonyl (C=O) groups excluding carboxylic acids is 1. The fourth-order valence-electron chi connectivity index (χ4n) is 4.02. The third-order valence-electron chi connectivity index (χ3n) is 6.09. The molecule has 0 bridgehead atoms. The van der Waals surface area contributed by atoms with Gasteiger partial charge in [0.25, 0.3) is 5.91 Å². The number of aliphatic hydroxyl groups is 1. The Hall–Kier alpha value is -2.21. The summed E-state index contributed by atoms with van der Waals surface area (Å²) in [5.74, 6) is -0.0594. The number of amides is 1. The van der Waals surface area contributed by atoms with E-state index in [0.717, 1.165) is 29.0 Å². The van der Waals surface area contributed by atoms with Crippen molar-refractivity contribution in [2.24, 2.45) is 0 Å². The van der Waals surface area contributed by atoms with Gasteiger partial charge in [0.1, 0.15) is 0 Å². The summed E-state index contributed by atoms with van der Waals surface area (Å²) in [6.45, 7) is 3.04. The van der Waals surface area contributed by atoms with Gasteiger partial charge in [0.15, 0.2) is 0 Å². The minimum atomic E-state index is -0.491. The summed E-state index contributed by atoms with van der Waals surface area (Å²) >= 11 is 0. The number of carbonyl (C=O) groups is 1. The van der Waals surface area contributed by atoms with E-state index in [4.69, 9.17) is 0 Å². The molecule has 182 valence electrons. The van der Waals surface area contributed by atoms with Crippen molar-refractivity contribution in [1.82, 2.24) is 10.4 Å². The lowest BCUT2D eigenvalue weighted by Gasteiger charge is -2.24. The van der Waals surface area contributed by atoms with E-state index in [0.29, 0.717) is 12.1 Å². The van der Waals surface area contributed by atoms with Crippen LogP contribution in [-0.2, 0) is 6.54 Å². The molecular weight excluding hydrogens is 412 g/mol. The Bertz CT molecular complexity index is 764. The van der Waals surface area contributed by atoms with Gasteiger partial charge < -0.3 is 15.6 Å². The summed E-state index contributed by atoms with van der Waals surface area (Å²) in [7, 11) is 0. The second kappa shape index (κ2) is 16.4. The van der Waals surface area contributed by atoms with Crippen LogP contribution in [0.4, 0.5) is 0 Å². The van der Waals surface area contributed by atoms with Gasteiger partial charge >= 0.3 is 0 Å². The number of aliphatic hydroxyl groups excluding tert-OH is 1. The summed E-state index contributed by atoms with van der Waals surface area (Å²) in [4.78, 5) is 12.4. The number of hydrogen-bond acceptors (Lipinski definition) is 4. The highest BCUT2D eigenvalue weighted by molar-refractivity contribution is 5.94. The molecule has 5 nitrogen and oxygen atoms in total. The average Bonchev–Trinajstić information content (AvgIpc) is 2.84. The predicted octanol–water partition coefficient (Wildman–Crippen LogP) is 6.26. The number of unbranched alkanes of at least 4 members (excludes halogenated alkanes) is 9. The average molecular weight is 455 g/mol. The maximum Gasteiger partial charge on any atom is 0.251 e. The van der Waals surface area contributed by atoms with Gasteiger partial charge in [-0.25, -0.2) is 0 Å². The maximum atomic E-state index is 12.4. The van der Waals surface area contributed by atoms with E-state index in [1.54, 1.807) is 12.1 Å². The molecule has 2 aromatic rings. The lowest BCUT2D eigenvalue weighted by molar-refractivity contribution is -0.147. The molecule has 2 aromatic carbocycles. The first kappa shape index (κ1) is 27.0. The second-order valence-corrected chi connectivity index (χ2v) is 8.84. The molecule has 33 heavy (non-hydrogen) atoms. The van der Waals surface area contributed by atoms with Crippen LogP contribution in [0, 0.1) is 0 Å². The molecule has 0 aromatic heterocycles. The van der Waals surface area contributed by atoms with Crippen LogP contribution >= 0.6 is 0 Å². The first-order chi connectivity index (χ1) is 16.2. The molecule has 2 rings (SSSR count). The van der Waals surface area contributed by atoms with Gasteiger partial charge in [0.05, 0.1) is 12.6 Å². The van der Waals surface area contributed by atoms with Crippen molar-refractivity contribution in [2.45, 2.75) is 83.7 Å². The summed E-state index contributed by atoms with van der Waals surface area (Å²) in [5, 5.41) is 24.3. The Labute approximate surface area is 199 Å². The van der Waals surface area contributed by atoms with E-state index in [1.807, 2.05) is 42.5 Å². The Morgan fingerprint density at radius 2 is 1.42 bits per heavy atom. The predicted molar refractivity (Wildman–Crippen MR) is 134 cm³/mol. The summed E-state index contributed by atoms with van der Waals surface area (Å²) in [5.41, 5.74) is 2.35. The van der Waals surface area contributed by atoms with E-state index in [1.165, 1.54) is 51.4 Å². The Balaban J connectivity index is 1.64. The van der Waals surface area contributed by atoms with Crippen molar-refractivity contribution in [2.75, 3.05) is 13.2 Å². The number of benzene rings is 2. The molecule has 3 N–H and O–H groups in total. The highest BCUT2D eigenvalue weighted by atomic mass is 16.5. The van der Waals surface area contributed by atoms with Crippen LogP contribution in [0.5, 0.6) is 0 Å². The smallest absolute Gasteiger partial charge is 0.251 e. The first-order valence-corrected chi connectivity index (χ1v) is 12.6. The Kier molecular flexibility index (Phi) is 13.4. The van der Waals surface area contributed by atoms with Crippen molar-refractivity contribution < 1.29 is 15.1 Å². The molecule has 0 saturated carbocycles. The van der Waals surface area contributed by atoms with Crippen molar-refractivity contribution in [3.63, 3.8) is 0 Å². The standard InChI is InChI=1S/C28H42N2O3/c1-2-3-4-5-6-7-8-9-10-14-21-29-28(32)26-19-17-24(18-20-26)22-30(33)27(23-31)25-15-12-11-13-16-25/h11-13,15-20,27,31,33H,2-10,14,21-23H2,1H3,(H,29,32). The molecule has 0 saturated heterocycles. The molecule has 0 radical (unpaired) electrons. The van der Waals surface area contributed by atoms with E-state index >= 15 is 0 Å². The summed E-state index contributed by atoms with van der Waals surface area (Å²) in [6.07, 6.45) is 12.8. The van der Waals surface area contributed by atoms with Gasteiger partial charge in [-0.05, 0) is 29.7 Å². The van der Waals surface area contributed by atoms with E-state index in [-0.39, 0.29) is 19.1 Å². The Morgan fingerprint density at radius 3 is 2.00 bits per heavy atom. The monoisotopic (exact) mass is 454 g/mol. The maximum absolute atomic E-state index is 12.4. The number of hydroxylamine groups is 2. The zero-order valence-corrected chi connectivity index (χ0v) is 20.2. The van der Waals surface area contributed by atoms with Gasteiger partial charge in [-0.15, -0.1) is 0 Å². The number of rotatable bonds is 17. The molecule has 0 aliphatic rings. The summed E-state index contributed by atoms with van der Waals surface area (Å²) < 4.78 is 0. The zero-order valence-electron chi connectivity index (χ0n) is 20.2. The Morgan fingerprint density at radius 1 is 0.848 bits per heavy atom. The van der Waals surface area contributed by atoms with Gasteiger partial charge in [-0.3, -0.25) is 4.79 Å². The van der Waals surface area contributed by atoms with Crippen LogP contribution in [0.25, 0.3) is 0 Å². The number of nitrogens with zero attached hydrogens (tertiary/aromatic N) is 1.